The third kappa shape index (κ3) is 2.44. The van der Waals surface area contributed by atoms with Gasteiger partial charge in [0.2, 0.25) is 0 Å². The number of fused-ring (bicyclic) bond motifs is 1. The number of rotatable bonds is 4. The largest absolute Gasteiger partial charge is 0.427 e. The molecule has 1 saturated heterocycles. The van der Waals surface area contributed by atoms with Gasteiger partial charge in [-0.2, -0.15) is 0 Å². The third-order valence-electron chi connectivity index (χ3n) is 4.75. The Kier molecular flexibility index (Phi) is 3.71. The number of ether oxygens (including phenoxy) is 2. The van der Waals surface area contributed by atoms with E-state index in [0.717, 1.165) is 6.42 Å². The monoisotopic (exact) mass is 281 g/mol. The SMILES string of the molecule is COBN[C@@H]1C[C@H](C2(O)CC=CC2)[C@H]2OC(C)(C)O[C@H]21. The zero-order valence-electron chi connectivity index (χ0n) is 12.5. The maximum absolute atomic E-state index is 10.9. The fourth-order valence-electron chi connectivity index (χ4n) is 3.86. The molecule has 1 saturated carbocycles. The minimum atomic E-state index is -0.684. The van der Waals surface area contributed by atoms with E-state index in [1.165, 1.54) is 0 Å². The van der Waals surface area contributed by atoms with Crippen LogP contribution in [0.4, 0.5) is 0 Å². The van der Waals surface area contributed by atoms with Gasteiger partial charge in [0, 0.05) is 19.1 Å². The van der Waals surface area contributed by atoms with Gasteiger partial charge >= 0.3 is 7.62 Å². The van der Waals surface area contributed by atoms with Crippen molar-refractivity contribution in [1.82, 2.24) is 5.23 Å². The molecule has 3 rings (SSSR count). The van der Waals surface area contributed by atoms with Crippen LogP contribution in [0.25, 0.3) is 0 Å². The zero-order chi connectivity index (χ0) is 14.4. The first kappa shape index (κ1) is 14.5. The summed E-state index contributed by atoms with van der Waals surface area (Å²) in [6.45, 7) is 3.87. The summed E-state index contributed by atoms with van der Waals surface area (Å²) in [4.78, 5) is 0. The van der Waals surface area contributed by atoms with Crippen molar-refractivity contribution in [3.05, 3.63) is 12.2 Å². The van der Waals surface area contributed by atoms with Crippen LogP contribution in [-0.4, -0.2) is 49.5 Å². The quantitative estimate of drug-likeness (QED) is 0.580. The summed E-state index contributed by atoms with van der Waals surface area (Å²) >= 11 is 0. The van der Waals surface area contributed by atoms with Gasteiger partial charge in [0.15, 0.2) is 5.79 Å². The molecular weight excluding hydrogens is 257 g/mol. The lowest BCUT2D eigenvalue weighted by molar-refractivity contribution is -0.169. The van der Waals surface area contributed by atoms with Gasteiger partial charge in [-0.3, -0.25) is 0 Å². The Labute approximate surface area is 121 Å². The van der Waals surface area contributed by atoms with Gasteiger partial charge in [0.25, 0.3) is 0 Å². The molecule has 2 aliphatic carbocycles. The highest BCUT2D eigenvalue weighted by molar-refractivity contribution is 6.23. The van der Waals surface area contributed by atoms with Crippen molar-refractivity contribution >= 4 is 7.62 Å². The second kappa shape index (κ2) is 5.11. The summed E-state index contributed by atoms with van der Waals surface area (Å²) in [5.41, 5.74) is -0.684. The summed E-state index contributed by atoms with van der Waals surface area (Å²) in [6, 6.07) is 0.163. The van der Waals surface area contributed by atoms with Crippen LogP contribution in [0.3, 0.4) is 0 Å². The van der Waals surface area contributed by atoms with E-state index in [9.17, 15) is 5.11 Å². The second-order valence-corrected chi connectivity index (χ2v) is 6.63. The topological polar surface area (TPSA) is 60.0 Å². The van der Waals surface area contributed by atoms with E-state index in [2.05, 4.69) is 17.4 Å². The minimum Gasteiger partial charge on any atom is -0.427 e. The Bertz CT molecular complexity index is 393. The smallest absolute Gasteiger partial charge is 0.360 e. The number of nitrogens with one attached hydrogen (secondary N) is 1. The van der Waals surface area contributed by atoms with Crippen molar-refractivity contribution in [2.24, 2.45) is 5.92 Å². The number of hydrogen-bond acceptors (Lipinski definition) is 5. The zero-order valence-corrected chi connectivity index (χ0v) is 12.5. The van der Waals surface area contributed by atoms with Crippen LogP contribution >= 0.6 is 0 Å². The fraction of sp³-hybridized carbons (Fsp3) is 0.857. The maximum Gasteiger partial charge on any atom is 0.360 e. The molecule has 2 N–H and O–H groups in total. The molecule has 5 nitrogen and oxygen atoms in total. The highest BCUT2D eigenvalue weighted by atomic mass is 16.8. The molecule has 0 aromatic heterocycles. The summed E-state index contributed by atoms with van der Waals surface area (Å²) in [5, 5.41) is 14.2. The highest BCUT2D eigenvalue weighted by Gasteiger charge is 2.59. The lowest BCUT2D eigenvalue weighted by atomic mass is 9.82. The molecule has 2 fully saturated rings. The Balaban J connectivity index is 1.78. The van der Waals surface area contributed by atoms with E-state index >= 15 is 0 Å². The molecule has 0 spiro atoms. The van der Waals surface area contributed by atoms with E-state index in [4.69, 9.17) is 14.1 Å². The summed E-state index contributed by atoms with van der Waals surface area (Å²) in [7, 11) is 2.16. The van der Waals surface area contributed by atoms with Gasteiger partial charge in [-0.05, 0) is 33.1 Å². The van der Waals surface area contributed by atoms with Crippen molar-refractivity contribution in [2.75, 3.05) is 7.11 Å². The minimum absolute atomic E-state index is 0.0187. The van der Waals surface area contributed by atoms with Gasteiger partial charge < -0.3 is 24.5 Å². The van der Waals surface area contributed by atoms with E-state index in [1.54, 1.807) is 7.11 Å². The Morgan fingerprint density at radius 2 is 1.90 bits per heavy atom. The van der Waals surface area contributed by atoms with Crippen molar-refractivity contribution in [3.63, 3.8) is 0 Å². The fourth-order valence-corrected chi connectivity index (χ4v) is 3.86. The average molecular weight is 281 g/mol. The average Bonchev–Trinajstić information content (AvgIpc) is 3.01. The van der Waals surface area contributed by atoms with Crippen LogP contribution in [0.5, 0.6) is 0 Å². The van der Waals surface area contributed by atoms with Crippen LogP contribution < -0.4 is 5.23 Å². The van der Waals surface area contributed by atoms with Crippen molar-refractivity contribution in [2.45, 2.75) is 62.7 Å². The van der Waals surface area contributed by atoms with E-state index in [0.29, 0.717) is 20.5 Å². The maximum atomic E-state index is 10.9. The van der Waals surface area contributed by atoms with Gasteiger partial charge in [-0.1, -0.05) is 12.2 Å². The molecule has 20 heavy (non-hydrogen) atoms. The van der Waals surface area contributed by atoms with Crippen molar-refractivity contribution in [1.29, 1.82) is 0 Å². The second-order valence-electron chi connectivity index (χ2n) is 6.63. The summed E-state index contributed by atoms with van der Waals surface area (Å²) in [6.07, 6.45) is 6.33. The Hall–Kier alpha value is -0.395. The highest BCUT2D eigenvalue weighted by Crippen LogP contribution is 2.48. The van der Waals surface area contributed by atoms with Crippen LogP contribution in [0.15, 0.2) is 12.2 Å². The number of aliphatic hydroxyl groups is 1. The standard InChI is InChI=1S/C14H24BNO4/c1-13(2)19-11-9(14(17)6-4-5-7-14)8-10(12(11)20-13)16-15-18-3/h4-5,9-12,15-17H,6-8H2,1-3H3/t9-,10+,11+,12-/m0/s1. The first-order chi connectivity index (χ1) is 9.45. The molecular formula is C14H24BNO4. The molecule has 0 amide bonds. The summed E-state index contributed by atoms with van der Waals surface area (Å²) < 4.78 is 17.2. The van der Waals surface area contributed by atoms with E-state index in [1.807, 2.05) is 13.8 Å². The normalized spacial score (nSPS) is 41.0. The van der Waals surface area contributed by atoms with Crippen LogP contribution in [0.1, 0.15) is 33.1 Å². The van der Waals surface area contributed by atoms with Gasteiger partial charge in [0.1, 0.15) is 6.10 Å². The molecule has 3 aliphatic rings. The summed E-state index contributed by atoms with van der Waals surface area (Å²) in [5.74, 6) is -0.484. The van der Waals surface area contributed by atoms with Crippen molar-refractivity contribution in [3.8, 4) is 0 Å². The predicted molar refractivity (Wildman–Crippen MR) is 76.3 cm³/mol. The molecule has 112 valence electrons. The molecule has 1 aliphatic heterocycles. The van der Waals surface area contributed by atoms with Crippen molar-refractivity contribution < 1.29 is 19.2 Å². The van der Waals surface area contributed by atoms with Crippen LogP contribution in [-0.2, 0) is 14.1 Å². The molecule has 4 atom stereocenters. The molecule has 6 heteroatoms. The van der Waals surface area contributed by atoms with Gasteiger partial charge in [-0.15, -0.1) is 0 Å². The molecule has 0 radical (unpaired) electrons. The Morgan fingerprint density at radius 3 is 2.55 bits per heavy atom. The first-order valence-electron chi connectivity index (χ1n) is 7.40. The number of hydrogen-bond donors (Lipinski definition) is 2. The van der Waals surface area contributed by atoms with Crippen LogP contribution in [0, 0.1) is 5.92 Å². The van der Waals surface area contributed by atoms with Gasteiger partial charge in [0.05, 0.1) is 11.7 Å². The Morgan fingerprint density at radius 1 is 1.25 bits per heavy atom. The van der Waals surface area contributed by atoms with Gasteiger partial charge in [-0.25, -0.2) is 0 Å². The lowest BCUT2D eigenvalue weighted by Gasteiger charge is -2.33. The van der Waals surface area contributed by atoms with E-state index < -0.39 is 11.4 Å². The predicted octanol–water partition coefficient (Wildman–Crippen LogP) is 0.479. The molecule has 0 unspecified atom stereocenters. The third-order valence-corrected chi connectivity index (χ3v) is 4.75. The molecule has 1 heterocycles. The lowest BCUT2D eigenvalue weighted by Crippen LogP contribution is -2.42. The first-order valence-corrected chi connectivity index (χ1v) is 7.40. The molecule has 0 bridgehead atoms. The molecule has 0 aromatic carbocycles. The van der Waals surface area contributed by atoms with E-state index in [-0.39, 0.29) is 24.2 Å². The molecule has 0 aromatic rings. The van der Waals surface area contributed by atoms with Crippen LogP contribution in [0.2, 0.25) is 0 Å².